The highest BCUT2D eigenvalue weighted by Gasteiger charge is 2.35. The van der Waals surface area contributed by atoms with E-state index in [2.05, 4.69) is 0 Å². The first-order valence-electron chi connectivity index (χ1n) is 5.80. The SMILES string of the molecule is Cc1ccc(C(C(C(=O)O)C(C)C)N(C)C)o1. The lowest BCUT2D eigenvalue weighted by atomic mass is 9.86. The number of carboxylic acids is 1. The highest BCUT2D eigenvalue weighted by molar-refractivity contribution is 5.71. The quantitative estimate of drug-likeness (QED) is 0.858. The molecule has 0 saturated carbocycles. The Morgan fingerprint density at radius 1 is 1.35 bits per heavy atom. The van der Waals surface area contributed by atoms with Crippen LogP contribution in [0, 0.1) is 18.8 Å². The number of nitrogens with zero attached hydrogens (tertiary/aromatic N) is 1. The van der Waals surface area contributed by atoms with Gasteiger partial charge in [0, 0.05) is 0 Å². The first-order chi connectivity index (χ1) is 7.84. The zero-order valence-corrected chi connectivity index (χ0v) is 11.1. The molecule has 1 heterocycles. The molecule has 0 aromatic carbocycles. The van der Waals surface area contributed by atoms with E-state index in [1.807, 2.05) is 51.9 Å². The number of hydrogen-bond donors (Lipinski definition) is 1. The van der Waals surface area contributed by atoms with Crippen molar-refractivity contribution < 1.29 is 14.3 Å². The fourth-order valence-corrected chi connectivity index (χ4v) is 2.15. The van der Waals surface area contributed by atoms with Crippen molar-refractivity contribution in [2.45, 2.75) is 26.8 Å². The van der Waals surface area contributed by atoms with E-state index in [9.17, 15) is 9.90 Å². The number of furan rings is 1. The smallest absolute Gasteiger partial charge is 0.308 e. The molecule has 1 rings (SSSR count). The van der Waals surface area contributed by atoms with Crippen molar-refractivity contribution in [2.24, 2.45) is 11.8 Å². The maximum absolute atomic E-state index is 11.4. The second kappa shape index (κ2) is 5.36. The standard InChI is InChI=1S/C13H21NO3/c1-8(2)11(13(15)16)12(14(4)5)10-7-6-9(3)17-10/h6-8,11-12H,1-5H3,(H,15,16). The van der Waals surface area contributed by atoms with Crippen LogP contribution in [0.25, 0.3) is 0 Å². The predicted octanol–water partition coefficient (Wildman–Crippen LogP) is 2.55. The van der Waals surface area contributed by atoms with Gasteiger partial charge in [-0.15, -0.1) is 0 Å². The molecular weight excluding hydrogens is 218 g/mol. The molecule has 1 aromatic rings. The normalized spacial score (nSPS) is 15.2. The molecule has 0 aliphatic carbocycles. The van der Waals surface area contributed by atoms with Crippen LogP contribution in [-0.4, -0.2) is 30.1 Å². The Hall–Kier alpha value is -1.29. The van der Waals surface area contributed by atoms with Crippen molar-refractivity contribution >= 4 is 5.97 Å². The third-order valence-electron chi connectivity index (χ3n) is 2.95. The van der Waals surface area contributed by atoms with Gasteiger partial charge >= 0.3 is 5.97 Å². The molecular formula is C13H21NO3. The van der Waals surface area contributed by atoms with E-state index >= 15 is 0 Å². The minimum atomic E-state index is -0.784. The monoisotopic (exact) mass is 239 g/mol. The molecule has 1 N–H and O–H groups in total. The van der Waals surface area contributed by atoms with Gasteiger partial charge in [-0.2, -0.15) is 0 Å². The van der Waals surface area contributed by atoms with Gasteiger partial charge in [0.25, 0.3) is 0 Å². The first kappa shape index (κ1) is 13.8. The van der Waals surface area contributed by atoms with Crippen LogP contribution in [0.5, 0.6) is 0 Å². The third kappa shape index (κ3) is 3.09. The summed E-state index contributed by atoms with van der Waals surface area (Å²) in [5.41, 5.74) is 0. The summed E-state index contributed by atoms with van der Waals surface area (Å²) < 4.78 is 5.58. The number of aliphatic carboxylic acids is 1. The predicted molar refractivity (Wildman–Crippen MR) is 65.8 cm³/mol. The zero-order valence-electron chi connectivity index (χ0n) is 11.1. The average molecular weight is 239 g/mol. The van der Waals surface area contributed by atoms with Gasteiger partial charge in [-0.05, 0) is 39.1 Å². The van der Waals surface area contributed by atoms with Gasteiger partial charge in [-0.3, -0.25) is 9.69 Å². The number of carbonyl (C=O) groups is 1. The molecule has 96 valence electrons. The Labute approximate surface area is 102 Å². The van der Waals surface area contributed by atoms with E-state index < -0.39 is 11.9 Å². The number of rotatable bonds is 5. The lowest BCUT2D eigenvalue weighted by Gasteiger charge is -2.30. The minimum Gasteiger partial charge on any atom is -0.481 e. The molecule has 0 radical (unpaired) electrons. The molecule has 1 aromatic heterocycles. The van der Waals surface area contributed by atoms with E-state index in [1.54, 1.807) is 0 Å². The summed E-state index contributed by atoms with van der Waals surface area (Å²) in [5.74, 6) is 0.307. The van der Waals surface area contributed by atoms with Crippen LogP contribution < -0.4 is 0 Å². The molecule has 4 heteroatoms. The maximum atomic E-state index is 11.4. The largest absolute Gasteiger partial charge is 0.481 e. The van der Waals surface area contributed by atoms with Crippen LogP contribution in [0.15, 0.2) is 16.5 Å². The van der Waals surface area contributed by atoms with Gasteiger partial charge in [0.15, 0.2) is 0 Å². The van der Waals surface area contributed by atoms with Gasteiger partial charge in [0.2, 0.25) is 0 Å². The number of hydrogen-bond acceptors (Lipinski definition) is 3. The van der Waals surface area contributed by atoms with Gasteiger partial charge < -0.3 is 9.52 Å². The lowest BCUT2D eigenvalue weighted by Crippen LogP contribution is -2.35. The highest BCUT2D eigenvalue weighted by atomic mass is 16.4. The Balaban J connectivity index is 3.11. The van der Waals surface area contributed by atoms with E-state index in [0.717, 1.165) is 5.76 Å². The van der Waals surface area contributed by atoms with Crippen LogP contribution in [0.3, 0.4) is 0 Å². The van der Waals surface area contributed by atoms with Gasteiger partial charge in [-0.25, -0.2) is 0 Å². The van der Waals surface area contributed by atoms with Gasteiger partial charge in [-0.1, -0.05) is 13.8 Å². The molecule has 17 heavy (non-hydrogen) atoms. The molecule has 2 unspecified atom stereocenters. The summed E-state index contributed by atoms with van der Waals surface area (Å²) in [6.07, 6.45) is 0. The Bertz CT molecular complexity index is 382. The maximum Gasteiger partial charge on any atom is 0.308 e. The van der Waals surface area contributed by atoms with Gasteiger partial charge in [0.1, 0.15) is 11.5 Å². The average Bonchev–Trinajstić information content (AvgIpc) is 2.58. The van der Waals surface area contributed by atoms with Crippen molar-refractivity contribution in [3.8, 4) is 0 Å². The zero-order chi connectivity index (χ0) is 13.2. The lowest BCUT2D eigenvalue weighted by molar-refractivity contribution is -0.146. The third-order valence-corrected chi connectivity index (χ3v) is 2.95. The van der Waals surface area contributed by atoms with Crippen molar-refractivity contribution in [2.75, 3.05) is 14.1 Å². The van der Waals surface area contributed by atoms with Crippen LogP contribution in [0.4, 0.5) is 0 Å². The van der Waals surface area contributed by atoms with E-state index in [-0.39, 0.29) is 12.0 Å². The molecule has 0 aliphatic heterocycles. The van der Waals surface area contributed by atoms with Crippen molar-refractivity contribution in [3.05, 3.63) is 23.7 Å². The molecule has 0 saturated heterocycles. The van der Waals surface area contributed by atoms with E-state index in [4.69, 9.17) is 4.42 Å². The second-order valence-electron chi connectivity index (χ2n) is 4.96. The molecule has 2 atom stereocenters. The summed E-state index contributed by atoms with van der Waals surface area (Å²) in [4.78, 5) is 13.3. The van der Waals surface area contributed by atoms with Crippen molar-refractivity contribution in [1.29, 1.82) is 0 Å². The molecule has 4 nitrogen and oxygen atoms in total. The van der Waals surface area contributed by atoms with Crippen LogP contribution in [-0.2, 0) is 4.79 Å². The summed E-state index contributed by atoms with van der Waals surface area (Å²) >= 11 is 0. The fourth-order valence-electron chi connectivity index (χ4n) is 2.15. The molecule has 0 aliphatic rings. The van der Waals surface area contributed by atoms with Crippen LogP contribution in [0.1, 0.15) is 31.4 Å². The minimum absolute atomic E-state index is 0.0466. The summed E-state index contributed by atoms with van der Waals surface area (Å²) in [7, 11) is 3.75. The number of aryl methyl sites for hydroxylation is 1. The first-order valence-corrected chi connectivity index (χ1v) is 5.80. The van der Waals surface area contributed by atoms with Crippen molar-refractivity contribution in [3.63, 3.8) is 0 Å². The van der Waals surface area contributed by atoms with E-state index in [1.165, 1.54) is 0 Å². The molecule has 0 bridgehead atoms. The second-order valence-corrected chi connectivity index (χ2v) is 4.96. The van der Waals surface area contributed by atoms with Crippen LogP contribution in [0.2, 0.25) is 0 Å². The summed E-state index contributed by atoms with van der Waals surface area (Å²) in [6.45, 7) is 5.71. The van der Waals surface area contributed by atoms with Crippen LogP contribution >= 0.6 is 0 Å². The topological polar surface area (TPSA) is 53.7 Å². The molecule has 0 amide bonds. The van der Waals surface area contributed by atoms with Gasteiger partial charge in [0.05, 0.1) is 12.0 Å². The van der Waals surface area contributed by atoms with Crippen molar-refractivity contribution in [1.82, 2.24) is 4.90 Å². The summed E-state index contributed by atoms with van der Waals surface area (Å²) in [6, 6.07) is 3.49. The fraction of sp³-hybridized carbons (Fsp3) is 0.615. The highest BCUT2D eigenvalue weighted by Crippen LogP contribution is 2.33. The Morgan fingerprint density at radius 2 is 1.94 bits per heavy atom. The molecule has 0 fully saturated rings. The van der Waals surface area contributed by atoms with E-state index in [0.29, 0.717) is 5.76 Å². The summed E-state index contributed by atoms with van der Waals surface area (Å²) in [5, 5.41) is 9.36. The molecule has 0 spiro atoms. The number of carboxylic acid groups (broad SMARTS) is 1. The Morgan fingerprint density at radius 3 is 2.24 bits per heavy atom. The Kier molecular flexibility index (Phi) is 4.34.